The summed E-state index contributed by atoms with van der Waals surface area (Å²) in [4.78, 5) is 21.7. The number of ether oxygens (including phenoxy) is 3. The summed E-state index contributed by atoms with van der Waals surface area (Å²) >= 11 is 0. The topological polar surface area (TPSA) is 92.9 Å². The van der Waals surface area contributed by atoms with Gasteiger partial charge in [0.15, 0.2) is 5.79 Å². The van der Waals surface area contributed by atoms with Crippen LogP contribution >= 0.6 is 0 Å². The molecule has 9 heteroatoms. The maximum Gasteiger partial charge on any atom is 0.237 e. The van der Waals surface area contributed by atoms with E-state index in [4.69, 9.17) is 14.2 Å². The second kappa shape index (κ2) is 9.87. The van der Waals surface area contributed by atoms with Crippen molar-refractivity contribution in [3.8, 4) is 17.6 Å². The zero-order valence-corrected chi connectivity index (χ0v) is 21.7. The van der Waals surface area contributed by atoms with Crippen LogP contribution in [0.5, 0.6) is 11.5 Å². The summed E-state index contributed by atoms with van der Waals surface area (Å²) in [5, 5.41) is 9.73. The number of amides is 1. The highest BCUT2D eigenvalue weighted by Crippen LogP contribution is 2.31. The van der Waals surface area contributed by atoms with E-state index in [1.807, 2.05) is 55.3 Å². The molecule has 1 unspecified atom stereocenters. The third kappa shape index (κ3) is 5.16. The number of nitriles is 1. The molecule has 1 amide bonds. The molecule has 7 rings (SSSR count). The normalized spacial score (nSPS) is 22.6. The summed E-state index contributed by atoms with van der Waals surface area (Å²) in [5.41, 5.74) is 4.62. The molecule has 38 heavy (non-hydrogen) atoms. The fourth-order valence-corrected chi connectivity index (χ4v) is 5.40. The Bertz CT molecular complexity index is 1410. The molecule has 6 bridgehead atoms. The SMILES string of the molecule is CC1(C)OC[C@H](Cc2ccc3cc2CN2CCN(CC2=O)Cc2cncn2Cc2ccc(C#N)c(c2)O3)O1. The minimum absolute atomic E-state index is 0.0624. The molecular weight excluding hydrogens is 482 g/mol. The lowest BCUT2D eigenvalue weighted by atomic mass is 10.00. The average molecular weight is 514 g/mol. The van der Waals surface area contributed by atoms with Gasteiger partial charge < -0.3 is 23.7 Å². The number of hydrogen-bond acceptors (Lipinski definition) is 7. The summed E-state index contributed by atoms with van der Waals surface area (Å²) in [6.45, 7) is 7.89. The van der Waals surface area contributed by atoms with Gasteiger partial charge >= 0.3 is 0 Å². The van der Waals surface area contributed by atoms with E-state index in [2.05, 4.69) is 20.5 Å². The van der Waals surface area contributed by atoms with Crippen molar-refractivity contribution in [2.75, 3.05) is 26.2 Å². The van der Waals surface area contributed by atoms with E-state index < -0.39 is 5.79 Å². The highest BCUT2D eigenvalue weighted by molar-refractivity contribution is 5.79. The Balaban J connectivity index is 1.38. The number of carbonyl (C=O) groups excluding carboxylic acids is 1. The Morgan fingerprint density at radius 2 is 2.00 bits per heavy atom. The summed E-state index contributed by atoms with van der Waals surface area (Å²) in [6.07, 6.45) is 4.28. The van der Waals surface area contributed by atoms with Gasteiger partial charge in [-0.05, 0) is 54.8 Å². The van der Waals surface area contributed by atoms with Crippen LogP contribution < -0.4 is 4.74 Å². The van der Waals surface area contributed by atoms with Crippen LogP contribution in [-0.2, 0) is 40.3 Å². The van der Waals surface area contributed by atoms with Crippen LogP contribution in [0.4, 0.5) is 0 Å². The Labute approximate surface area is 222 Å². The maximum atomic E-state index is 13.2. The van der Waals surface area contributed by atoms with Crippen molar-refractivity contribution in [1.82, 2.24) is 19.4 Å². The molecule has 2 aromatic carbocycles. The van der Waals surface area contributed by atoms with Gasteiger partial charge in [0, 0.05) is 45.3 Å². The molecule has 5 heterocycles. The van der Waals surface area contributed by atoms with Gasteiger partial charge in [-0.3, -0.25) is 9.69 Å². The number of benzene rings is 2. The van der Waals surface area contributed by atoms with Crippen LogP contribution in [0.1, 0.15) is 41.8 Å². The maximum absolute atomic E-state index is 13.2. The molecule has 3 aromatic rings. The van der Waals surface area contributed by atoms with Gasteiger partial charge in [0.1, 0.15) is 17.6 Å². The molecule has 0 radical (unpaired) electrons. The predicted octanol–water partition coefficient (Wildman–Crippen LogP) is 3.45. The molecule has 0 saturated carbocycles. The van der Waals surface area contributed by atoms with Gasteiger partial charge in [-0.15, -0.1) is 0 Å². The molecule has 0 spiro atoms. The van der Waals surface area contributed by atoms with E-state index in [0.29, 0.717) is 62.8 Å². The number of hydrogen-bond donors (Lipinski definition) is 0. The quantitative estimate of drug-likeness (QED) is 0.518. The first-order chi connectivity index (χ1) is 18.3. The Morgan fingerprint density at radius 3 is 2.79 bits per heavy atom. The van der Waals surface area contributed by atoms with Gasteiger partial charge in [-0.1, -0.05) is 12.1 Å². The summed E-state index contributed by atoms with van der Waals surface area (Å²) < 4.78 is 20.2. The van der Waals surface area contributed by atoms with Crippen molar-refractivity contribution in [2.24, 2.45) is 0 Å². The van der Waals surface area contributed by atoms with Gasteiger partial charge in [0.2, 0.25) is 5.91 Å². The first-order valence-electron chi connectivity index (χ1n) is 13.0. The summed E-state index contributed by atoms with van der Waals surface area (Å²) in [6, 6.07) is 13.9. The fourth-order valence-electron chi connectivity index (χ4n) is 5.40. The third-order valence-corrected chi connectivity index (χ3v) is 7.38. The van der Waals surface area contributed by atoms with Crippen molar-refractivity contribution < 1.29 is 19.0 Å². The monoisotopic (exact) mass is 513 g/mol. The molecule has 2 atom stereocenters. The molecule has 0 N–H and O–H groups in total. The average Bonchev–Trinajstić information content (AvgIpc) is 3.46. The predicted molar refractivity (Wildman–Crippen MR) is 138 cm³/mol. The van der Waals surface area contributed by atoms with E-state index in [9.17, 15) is 10.1 Å². The van der Waals surface area contributed by atoms with Gasteiger partial charge in [-0.2, -0.15) is 5.26 Å². The second-order valence-corrected chi connectivity index (χ2v) is 10.7. The van der Waals surface area contributed by atoms with Crippen LogP contribution in [0.15, 0.2) is 48.9 Å². The highest BCUT2D eigenvalue weighted by Gasteiger charge is 2.33. The molecule has 1 aromatic heterocycles. The standard InChI is InChI=1S/C29H31N5O4/c1-29(2)36-18-26(38-29)10-21-5-6-25-11-23(21)15-33-8-7-32(17-28(33)35)16-24-13-31-19-34(24)14-20-3-4-22(12-30)27(9-20)37-25/h3-6,9,11,13,19,26H,7-8,10,14-18H2,1-2H3/t26-/m0/s1. The fraction of sp³-hybridized carbons (Fsp3) is 0.414. The van der Waals surface area contributed by atoms with Gasteiger partial charge in [0.05, 0.1) is 36.8 Å². The molecule has 9 nitrogen and oxygen atoms in total. The lowest BCUT2D eigenvalue weighted by molar-refractivity contribution is -0.138. The van der Waals surface area contributed by atoms with Crippen LogP contribution in [0, 0.1) is 11.3 Å². The first-order valence-corrected chi connectivity index (χ1v) is 13.0. The molecule has 4 aliphatic rings. The number of nitrogens with zero attached hydrogens (tertiary/aromatic N) is 5. The highest BCUT2D eigenvalue weighted by atomic mass is 16.7. The third-order valence-electron chi connectivity index (χ3n) is 7.38. The molecular formula is C29H31N5O4. The summed E-state index contributed by atoms with van der Waals surface area (Å²) in [7, 11) is 0. The van der Waals surface area contributed by atoms with E-state index in [1.165, 1.54) is 0 Å². The first kappa shape index (κ1) is 24.6. The lowest BCUT2D eigenvalue weighted by Gasteiger charge is -2.35. The molecule has 0 aliphatic carbocycles. The largest absolute Gasteiger partial charge is 0.456 e. The van der Waals surface area contributed by atoms with Crippen molar-refractivity contribution in [2.45, 2.75) is 51.8 Å². The Hall–Kier alpha value is -3.71. The number of fused-ring (bicyclic) bond motifs is 2. The number of piperazine rings is 1. The molecule has 4 aliphatic heterocycles. The number of rotatable bonds is 2. The lowest BCUT2D eigenvalue weighted by Crippen LogP contribution is -2.49. The van der Waals surface area contributed by atoms with Crippen molar-refractivity contribution in [3.63, 3.8) is 0 Å². The van der Waals surface area contributed by atoms with E-state index in [0.717, 1.165) is 28.9 Å². The van der Waals surface area contributed by atoms with Crippen LogP contribution in [0.3, 0.4) is 0 Å². The summed E-state index contributed by atoms with van der Waals surface area (Å²) in [5.74, 6) is 0.639. The smallest absolute Gasteiger partial charge is 0.237 e. The van der Waals surface area contributed by atoms with Crippen molar-refractivity contribution in [1.29, 1.82) is 5.26 Å². The minimum atomic E-state index is -0.598. The van der Waals surface area contributed by atoms with Crippen molar-refractivity contribution in [3.05, 3.63) is 76.9 Å². The van der Waals surface area contributed by atoms with E-state index in [-0.39, 0.29) is 12.0 Å². The molecule has 196 valence electrons. The molecule has 2 saturated heterocycles. The van der Waals surface area contributed by atoms with E-state index >= 15 is 0 Å². The van der Waals surface area contributed by atoms with Gasteiger partial charge in [0.25, 0.3) is 0 Å². The zero-order valence-electron chi connectivity index (χ0n) is 21.7. The number of imidazole rings is 1. The second-order valence-electron chi connectivity index (χ2n) is 10.7. The number of aromatic nitrogens is 2. The van der Waals surface area contributed by atoms with Crippen molar-refractivity contribution >= 4 is 5.91 Å². The van der Waals surface area contributed by atoms with Crippen LogP contribution in [0.2, 0.25) is 0 Å². The Kier molecular flexibility index (Phi) is 6.40. The number of carbonyl (C=O) groups is 1. The van der Waals surface area contributed by atoms with Gasteiger partial charge in [-0.25, -0.2) is 4.98 Å². The zero-order chi connectivity index (χ0) is 26.3. The molecule has 2 fully saturated rings. The Morgan fingerprint density at radius 1 is 1.11 bits per heavy atom. The minimum Gasteiger partial charge on any atom is -0.456 e. The van der Waals surface area contributed by atoms with Crippen LogP contribution in [0.25, 0.3) is 0 Å². The van der Waals surface area contributed by atoms with Crippen LogP contribution in [-0.4, -0.2) is 63.4 Å². The van der Waals surface area contributed by atoms with E-state index in [1.54, 1.807) is 12.4 Å².